The summed E-state index contributed by atoms with van der Waals surface area (Å²) in [5, 5.41) is 0.501. The first-order chi connectivity index (χ1) is 22.6. The van der Waals surface area contributed by atoms with E-state index in [2.05, 4.69) is 10.9 Å². The fourth-order valence-electron chi connectivity index (χ4n) is 5.76. The van der Waals surface area contributed by atoms with Gasteiger partial charge in [-0.1, -0.05) is 17.5 Å². The number of carbonyl (C=O) groups is 2. The molecule has 0 unspecified atom stereocenters. The van der Waals surface area contributed by atoms with Crippen molar-refractivity contribution < 1.29 is 37.0 Å². The second-order valence-electron chi connectivity index (χ2n) is 11.4. The molecule has 2 aliphatic rings. The van der Waals surface area contributed by atoms with Crippen LogP contribution in [0.5, 0.6) is 0 Å². The summed E-state index contributed by atoms with van der Waals surface area (Å²) in [6.07, 6.45) is 9.76. The van der Waals surface area contributed by atoms with Crippen LogP contribution in [-0.4, -0.2) is 118 Å². The quantitative estimate of drug-likeness (QED) is 0.144. The summed E-state index contributed by atoms with van der Waals surface area (Å²) in [5.74, 6) is 2.58. The van der Waals surface area contributed by atoms with Crippen LogP contribution in [0.3, 0.4) is 0 Å². The van der Waals surface area contributed by atoms with Crippen LogP contribution in [0.25, 0.3) is 11.0 Å². The maximum atomic E-state index is 14.1. The molecule has 1 saturated heterocycles. The number of likely N-dealkylation sites (tertiary alicyclic amines) is 1. The number of rotatable bonds is 18. The molecular weight excluding hydrogens is 650 g/mol. The van der Waals surface area contributed by atoms with E-state index in [1.165, 1.54) is 6.26 Å². The van der Waals surface area contributed by atoms with Gasteiger partial charge < -0.3 is 33.3 Å². The molecule has 0 aliphatic carbocycles. The molecule has 5 rings (SSSR count). The van der Waals surface area contributed by atoms with Crippen LogP contribution < -0.4 is 4.90 Å². The van der Waals surface area contributed by atoms with Gasteiger partial charge in [0.1, 0.15) is 27.7 Å². The lowest BCUT2D eigenvalue weighted by molar-refractivity contribution is -0.145. The predicted octanol–water partition coefficient (Wildman–Crippen LogP) is 1.85. The highest BCUT2D eigenvalue weighted by molar-refractivity contribution is 7.90. The van der Waals surface area contributed by atoms with Gasteiger partial charge in [-0.2, -0.15) is 0 Å². The highest BCUT2D eigenvalue weighted by Gasteiger charge is 2.59. The number of terminal acetylenes is 1. The van der Waals surface area contributed by atoms with Crippen LogP contribution >= 0.6 is 11.6 Å². The average Bonchev–Trinajstić information content (AvgIpc) is 3.48. The Labute approximate surface area is 279 Å². The van der Waals surface area contributed by atoms with E-state index in [1.807, 2.05) is 10.6 Å². The molecule has 2 aromatic heterocycles. The van der Waals surface area contributed by atoms with E-state index in [4.69, 9.17) is 42.0 Å². The maximum absolute atomic E-state index is 14.1. The highest BCUT2D eigenvalue weighted by atomic mass is 35.5. The Kier molecular flexibility index (Phi) is 11.5. The predicted molar refractivity (Wildman–Crippen MR) is 175 cm³/mol. The summed E-state index contributed by atoms with van der Waals surface area (Å²) in [6.45, 7) is 3.72. The number of nitrogens with zero attached hydrogens (tertiary/aromatic N) is 5. The second kappa shape index (κ2) is 15.5. The molecule has 252 valence electrons. The second-order valence-corrected chi connectivity index (χ2v) is 14.1. The topological polar surface area (TPSA) is 142 Å². The molecule has 0 N–H and O–H groups in total. The zero-order valence-corrected chi connectivity index (χ0v) is 27.8. The SMILES string of the molecule is C#CCOCCOCCOCCOCCC(=O)N1CC2(C1)C(=O)N(Cc1nc3cc(Cl)ccc3n1CCS(C)(=O)=O)c1cnccc12. The summed E-state index contributed by atoms with van der Waals surface area (Å²) >= 11 is 6.21. The summed E-state index contributed by atoms with van der Waals surface area (Å²) in [4.78, 5) is 39.3. The number of aromatic nitrogens is 3. The fourth-order valence-corrected chi connectivity index (χ4v) is 6.44. The smallest absolute Gasteiger partial charge is 0.241 e. The maximum Gasteiger partial charge on any atom is 0.241 e. The van der Waals surface area contributed by atoms with Crippen LogP contribution in [0.15, 0.2) is 36.7 Å². The van der Waals surface area contributed by atoms with Crippen LogP contribution in [0.1, 0.15) is 17.8 Å². The van der Waals surface area contributed by atoms with Crippen LogP contribution in [0.4, 0.5) is 5.69 Å². The molecule has 2 aliphatic heterocycles. The number of carbonyl (C=O) groups excluding carboxylic acids is 2. The number of hydrogen-bond donors (Lipinski definition) is 0. The number of ether oxygens (including phenoxy) is 4. The van der Waals surface area contributed by atoms with Gasteiger partial charge in [-0.3, -0.25) is 14.6 Å². The van der Waals surface area contributed by atoms with Crippen molar-refractivity contribution >= 4 is 50.0 Å². The number of pyridine rings is 1. The Morgan fingerprint density at radius 1 is 1.04 bits per heavy atom. The first-order valence-corrected chi connectivity index (χ1v) is 17.7. The molecule has 3 aromatic rings. The Bertz CT molecular complexity index is 1730. The largest absolute Gasteiger partial charge is 0.379 e. The lowest BCUT2D eigenvalue weighted by Crippen LogP contribution is -2.65. The van der Waals surface area contributed by atoms with Gasteiger partial charge in [-0.05, 0) is 29.8 Å². The van der Waals surface area contributed by atoms with E-state index in [0.717, 1.165) is 11.1 Å². The van der Waals surface area contributed by atoms with Gasteiger partial charge in [-0.25, -0.2) is 13.4 Å². The number of aryl methyl sites for hydroxylation is 1. The van der Waals surface area contributed by atoms with Crippen molar-refractivity contribution in [3.8, 4) is 12.3 Å². The molecule has 47 heavy (non-hydrogen) atoms. The van der Waals surface area contributed by atoms with Crippen molar-refractivity contribution in [2.45, 2.75) is 24.9 Å². The van der Waals surface area contributed by atoms with E-state index in [0.29, 0.717) is 61.7 Å². The Balaban J connectivity index is 1.13. The first-order valence-electron chi connectivity index (χ1n) is 15.2. The molecule has 1 spiro atoms. The minimum atomic E-state index is -3.26. The van der Waals surface area contributed by atoms with Crippen molar-refractivity contribution in [2.75, 3.05) is 82.9 Å². The van der Waals surface area contributed by atoms with E-state index in [-0.39, 0.29) is 63.4 Å². The summed E-state index contributed by atoms with van der Waals surface area (Å²) < 4.78 is 47.3. The molecule has 2 amide bonds. The molecule has 0 saturated carbocycles. The first kappa shape index (κ1) is 34.7. The fraction of sp³-hybridized carbons (Fsp3) is 0.500. The van der Waals surface area contributed by atoms with Crippen LogP contribution in [0, 0.1) is 12.3 Å². The van der Waals surface area contributed by atoms with Crippen molar-refractivity contribution in [2.24, 2.45) is 0 Å². The molecule has 0 radical (unpaired) electrons. The van der Waals surface area contributed by atoms with Gasteiger partial charge in [0.15, 0.2) is 0 Å². The molecule has 4 heterocycles. The van der Waals surface area contributed by atoms with Gasteiger partial charge >= 0.3 is 0 Å². The van der Waals surface area contributed by atoms with Gasteiger partial charge in [0.25, 0.3) is 0 Å². The summed E-state index contributed by atoms with van der Waals surface area (Å²) in [6, 6.07) is 7.05. The van der Waals surface area contributed by atoms with Crippen LogP contribution in [0.2, 0.25) is 5.02 Å². The third-order valence-corrected chi connectivity index (χ3v) is 9.23. The number of sulfone groups is 1. The molecular formula is C32H38ClN5O8S. The summed E-state index contributed by atoms with van der Waals surface area (Å²) in [5.41, 5.74) is 1.90. The van der Waals surface area contributed by atoms with Crippen LogP contribution in [-0.2, 0) is 56.9 Å². The molecule has 1 aromatic carbocycles. The monoisotopic (exact) mass is 687 g/mol. The van der Waals surface area contributed by atoms with Crippen molar-refractivity contribution in [1.29, 1.82) is 0 Å². The lowest BCUT2D eigenvalue weighted by Gasteiger charge is -2.46. The number of hydrogen-bond acceptors (Lipinski definition) is 10. The van der Waals surface area contributed by atoms with Gasteiger partial charge in [-0.15, -0.1) is 6.42 Å². The zero-order chi connectivity index (χ0) is 33.4. The number of benzene rings is 1. The molecule has 1 fully saturated rings. The summed E-state index contributed by atoms with van der Waals surface area (Å²) in [7, 11) is -3.26. The average molecular weight is 688 g/mol. The highest BCUT2D eigenvalue weighted by Crippen LogP contribution is 2.47. The van der Waals surface area contributed by atoms with E-state index >= 15 is 0 Å². The standard InChI is InChI=1S/C32H38ClN5O8S/c1-3-10-43-12-14-45-16-17-46-15-13-44-11-7-30(39)36-22-32(23-36)25-6-8-34-20-28(25)38(31(32)40)21-29-35-26-19-24(33)4-5-27(26)37(29)9-18-47(2,41)42/h1,4-6,8,19-20H,7,9-18,21-23H2,2H3. The third-order valence-electron chi connectivity index (χ3n) is 8.07. The van der Waals surface area contributed by atoms with Crippen molar-refractivity contribution in [1.82, 2.24) is 19.4 Å². The number of fused-ring (bicyclic) bond motifs is 3. The van der Waals surface area contributed by atoms with Gasteiger partial charge in [0, 0.05) is 37.1 Å². The van der Waals surface area contributed by atoms with Gasteiger partial charge in [0.05, 0.1) is 87.9 Å². The van der Waals surface area contributed by atoms with E-state index in [1.54, 1.807) is 40.4 Å². The van der Waals surface area contributed by atoms with Crippen molar-refractivity contribution in [3.05, 3.63) is 53.1 Å². The van der Waals surface area contributed by atoms with Gasteiger partial charge in [0.2, 0.25) is 11.8 Å². The minimum absolute atomic E-state index is 0.0856. The Hall–Kier alpha value is -3.58. The zero-order valence-electron chi connectivity index (χ0n) is 26.2. The number of imidazole rings is 1. The Morgan fingerprint density at radius 3 is 2.40 bits per heavy atom. The van der Waals surface area contributed by atoms with E-state index in [9.17, 15) is 18.0 Å². The molecule has 15 heteroatoms. The number of halogens is 1. The van der Waals surface area contributed by atoms with E-state index < -0.39 is 15.3 Å². The minimum Gasteiger partial charge on any atom is -0.379 e. The molecule has 0 atom stereocenters. The lowest BCUT2D eigenvalue weighted by atomic mass is 9.74. The number of anilines is 1. The van der Waals surface area contributed by atoms with Crippen molar-refractivity contribution in [3.63, 3.8) is 0 Å². The number of amides is 2. The Morgan fingerprint density at radius 2 is 1.72 bits per heavy atom. The third kappa shape index (κ3) is 8.29. The molecule has 0 bridgehead atoms. The molecule has 13 nitrogen and oxygen atoms in total. The normalized spacial score (nSPS) is 15.3.